The van der Waals surface area contributed by atoms with E-state index in [2.05, 4.69) is 4.99 Å². The maximum Gasteiger partial charge on any atom is 0.252 e. The smallest absolute Gasteiger partial charge is 0.252 e. The Morgan fingerprint density at radius 1 is 1.19 bits per heavy atom. The number of hydrogen-bond acceptors (Lipinski definition) is 7. The Balaban J connectivity index is 1.47. The number of thioether (sulfide) groups is 1. The molecule has 31 heavy (non-hydrogen) atoms. The van der Waals surface area contributed by atoms with Crippen LogP contribution in [0.5, 0.6) is 17.2 Å². The number of amides is 1. The third-order valence-electron chi connectivity index (χ3n) is 5.46. The van der Waals surface area contributed by atoms with Crippen molar-refractivity contribution in [3.05, 3.63) is 48.0 Å². The average Bonchev–Trinajstić information content (AvgIpc) is 3.39. The topological polar surface area (TPSA) is 94.5 Å². The van der Waals surface area contributed by atoms with Gasteiger partial charge in [-0.1, -0.05) is 30.0 Å². The van der Waals surface area contributed by atoms with Crippen LogP contribution in [0.25, 0.3) is 0 Å². The van der Waals surface area contributed by atoms with Crippen molar-refractivity contribution in [2.75, 3.05) is 30.3 Å². The van der Waals surface area contributed by atoms with E-state index in [4.69, 9.17) is 14.2 Å². The van der Waals surface area contributed by atoms with Gasteiger partial charge in [0.2, 0.25) is 6.79 Å². The Morgan fingerprint density at radius 3 is 2.84 bits per heavy atom. The highest BCUT2D eigenvalue weighted by Gasteiger charge is 2.49. The van der Waals surface area contributed by atoms with Crippen molar-refractivity contribution in [2.45, 2.75) is 17.7 Å². The van der Waals surface area contributed by atoms with Crippen molar-refractivity contribution in [2.24, 2.45) is 4.99 Å². The molecule has 10 heteroatoms. The van der Waals surface area contributed by atoms with E-state index in [9.17, 15) is 13.2 Å². The molecule has 162 valence electrons. The van der Waals surface area contributed by atoms with Crippen molar-refractivity contribution in [3.8, 4) is 17.2 Å². The number of sulfone groups is 1. The van der Waals surface area contributed by atoms with Crippen LogP contribution in [0.15, 0.2) is 47.5 Å². The maximum atomic E-state index is 12.8. The lowest BCUT2D eigenvalue weighted by molar-refractivity contribution is -0.117. The second-order valence-corrected chi connectivity index (χ2v) is 10.8. The number of amidine groups is 1. The fourth-order valence-corrected chi connectivity index (χ4v) is 7.99. The van der Waals surface area contributed by atoms with E-state index in [1.165, 1.54) is 11.8 Å². The molecule has 2 aromatic rings. The first-order valence-corrected chi connectivity index (χ1v) is 12.4. The molecule has 3 heterocycles. The molecule has 0 spiro atoms. The quantitative estimate of drug-likeness (QED) is 0.686. The molecular formula is C21H20N2O6S2. The van der Waals surface area contributed by atoms with E-state index in [1.54, 1.807) is 25.3 Å². The molecule has 0 aromatic heterocycles. The number of carbonyl (C=O) groups excluding carboxylic acids is 1. The van der Waals surface area contributed by atoms with Gasteiger partial charge in [-0.05, 0) is 18.2 Å². The largest absolute Gasteiger partial charge is 0.496 e. The predicted octanol–water partition coefficient (Wildman–Crippen LogP) is 2.27. The van der Waals surface area contributed by atoms with Crippen molar-refractivity contribution < 1.29 is 27.4 Å². The van der Waals surface area contributed by atoms with E-state index in [0.29, 0.717) is 22.4 Å². The molecule has 0 aliphatic carbocycles. The summed E-state index contributed by atoms with van der Waals surface area (Å²) in [7, 11) is -1.58. The molecule has 8 nitrogen and oxygen atoms in total. The summed E-state index contributed by atoms with van der Waals surface area (Å²) in [6.45, 7) is 0.145. The zero-order valence-corrected chi connectivity index (χ0v) is 18.3. The van der Waals surface area contributed by atoms with Crippen LogP contribution in [0.2, 0.25) is 0 Å². The Kier molecular flexibility index (Phi) is 5.05. The molecule has 3 aliphatic rings. The lowest BCUT2D eigenvalue weighted by Gasteiger charge is -2.24. The number of benzene rings is 2. The molecule has 3 aliphatic heterocycles. The number of para-hydroxylation sites is 1. The molecule has 5 rings (SSSR count). The van der Waals surface area contributed by atoms with Gasteiger partial charge in [-0.3, -0.25) is 4.79 Å². The highest BCUT2D eigenvalue weighted by atomic mass is 32.2. The summed E-state index contributed by atoms with van der Waals surface area (Å²) in [5.41, 5.74) is 1.48. The number of anilines is 1. The number of fused-ring (bicyclic) bond motifs is 2. The molecule has 0 unspecified atom stereocenters. The Labute approximate surface area is 184 Å². The minimum atomic E-state index is -3.14. The number of rotatable bonds is 4. The Bertz CT molecular complexity index is 1180. The van der Waals surface area contributed by atoms with Crippen LogP contribution >= 0.6 is 11.8 Å². The number of hydrogen-bond donors (Lipinski definition) is 0. The zero-order chi connectivity index (χ0) is 21.6. The van der Waals surface area contributed by atoms with Gasteiger partial charge < -0.3 is 19.1 Å². The van der Waals surface area contributed by atoms with Gasteiger partial charge >= 0.3 is 0 Å². The van der Waals surface area contributed by atoms with Crippen LogP contribution in [0, 0.1) is 0 Å². The molecule has 1 amide bonds. The van der Waals surface area contributed by atoms with E-state index in [-0.39, 0.29) is 41.9 Å². The highest BCUT2D eigenvalue weighted by Crippen LogP contribution is 2.44. The molecule has 2 fully saturated rings. The standard InChI is InChI=1S/C21H20N2O6S2/c1-27-16-5-3-2-4-13(16)8-20(24)22-21-23(15-10-31(25,26)11-19(15)30-21)14-6-7-17-18(9-14)29-12-28-17/h2-7,9,15,19H,8,10-12H2,1H3/t15-,19+/m0/s1. The number of ether oxygens (including phenoxy) is 3. The van der Waals surface area contributed by atoms with Crippen LogP contribution in [-0.2, 0) is 21.1 Å². The van der Waals surface area contributed by atoms with E-state index >= 15 is 0 Å². The molecule has 0 bridgehead atoms. The maximum absolute atomic E-state index is 12.8. The summed E-state index contributed by atoms with van der Waals surface area (Å²) in [6, 6.07) is 12.5. The number of nitrogens with zero attached hydrogens (tertiary/aromatic N) is 2. The summed E-state index contributed by atoms with van der Waals surface area (Å²) in [5.74, 6) is 1.64. The van der Waals surface area contributed by atoms with Crippen LogP contribution in [0.4, 0.5) is 5.69 Å². The first kappa shape index (κ1) is 20.2. The number of methoxy groups -OCH3 is 1. The van der Waals surface area contributed by atoms with E-state index < -0.39 is 9.84 Å². The van der Waals surface area contributed by atoms with Crippen LogP contribution in [0.3, 0.4) is 0 Å². The van der Waals surface area contributed by atoms with Crippen molar-refractivity contribution in [1.29, 1.82) is 0 Å². The monoisotopic (exact) mass is 460 g/mol. The lowest BCUT2D eigenvalue weighted by Crippen LogP contribution is -2.37. The Morgan fingerprint density at radius 2 is 2.00 bits per heavy atom. The van der Waals surface area contributed by atoms with Gasteiger partial charge in [0.25, 0.3) is 5.91 Å². The van der Waals surface area contributed by atoms with Crippen molar-refractivity contribution >= 4 is 38.4 Å². The van der Waals surface area contributed by atoms with Crippen molar-refractivity contribution in [3.63, 3.8) is 0 Å². The molecule has 0 radical (unpaired) electrons. The molecule has 2 saturated heterocycles. The summed E-state index contributed by atoms with van der Waals surface area (Å²) in [6.07, 6.45) is 0.0939. The van der Waals surface area contributed by atoms with Gasteiger partial charge in [-0.15, -0.1) is 0 Å². The van der Waals surface area contributed by atoms with Gasteiger partial charge in [-0.25, -0.2) is 8.42 Å². The minimum absolute atomic E-state index is 0.0266. The first-order chi connectivity index (χ1) is 14.9. The van der Waals surface area contributed by atoms with Crippen LogP contribution in [-0.4, -0.2) is 56.2 Å². The van der Waals surface area contributed by atoms with Gasteiger partial charge in [0.1, 0.15) is 5.75 Å². The molecule has 2 atom stereocenters. The molecule has 0 saturated carbocycles. The summed E-state index contributed by atoms with van der Waals surface area (Å²) >= 11 is 1.34. The lowest BCUT2D eigenvalue weighted by atomic mass is 10.1. The second-order valence-electron chi connectivity index (χ2n) is 7.48. The van der Waals surface area contributed by atoms with Gasteiger partial charge in [0.15, 0.2) is 26.5 Å². The number of carbonyl (C=O) groups is 1. The zero-order valence-electron chi connectivity index (χ0n) is 16.7. The van der Waals surface area contributed by atoms with E-state index in [0.717, 1.165) is 11.3 Å². The van der Waals surface area contributed by atoms with Crippen molar-refractivity contribution in [1.82, 2.24) is 0 Å². The first-order valence-electron chi connectivity index (χ1n) is 9.73. The molecule has 2 aromatic carbocycles. The minimum Gasteiger partial charge on any atom is -0.496 e. The second kappa shape index (κ2) is 7.76. The predicted molar refractivity (Wildman–Crippen MR) is 118 cm³/mol. The fourth-order valence-electron chi connectivity index (χ4n) is 4.06. The highest BCUT2D eigenvalue weighted by molar-refractivity contribution is 8.16. The molecule has 0 N–H and O–H groups in total. The van der Waals surface area contributed by atoms with E-state index in [1.807, 2.05) is 29.2 Å². The number of aliphatic imine (C=N–C) groups is 1. The third kappa shape index (κ3) is 3.85. The van der Waals surface area contributed by atoms with Crippen LogP contribution < -0.4 is 19.1 Å². The summed E-state index contributed by atoms with van der Waals surface area (Å²) in [5, 5.41) is 0.330. The third-order valence-corrected chi connectivity index (χ3v) is 8.67. The van der Waals surface area contributed by atoms with Gasteiger partial charge in [0, 0.05) is 22.6 Å². The average molecular weight is 461 g/mol. The van der Waals surface area contributed by atoms with Gasteiger partial charge in [-0.2, -0.15) is 4.99 Å². The van der Waals surface area contributed by atoms with Gasteiger partial charge in [0.05, 0.1) is 31.1 Å². The summed E-state index contributed by atoms with van der Waals surface area (Å²) in [4.78, 5) is 19.0. The summed E-state index contributed by atoms with van der Waals surface area (Å²) < 4.78 is 40.7. The fraction of sp³-hybridized carbons (Fsp3) is 0.333. The SMILES string of the molecule is COc1ccccc1CC(=O)N=C1S[C@@H]2CS(=O)(=O)C[C@@H]2N1c1ccc2c(c1)OCO2. The Hall–Kier alpha value is -2.72. The molecular weight excluding hydrogens is 440 g/mol. The normalized spacial score (nSPS) is 24.4. The van der Waals surface area contributed by atoms with Crippen LogP contribution in [0.1, 0.15) is 5.56 Å².